The SMILES string of the molecule is CCC1C[C@H](C(=O)N2CC(O)(CC)C2)[C@H](C(=O)O)C1. The van der Waals surface area contributed by atoms with Gasteiger partial charge in [-0.1, -0.05) is 20.3 Å². The summed E-state index contributed by atoms with van der Waals surface area (Å²) in [6.07, 6.45) is 2.83. The second-order valence-corrected chi connectivity index (χ2v) is 6.07. The number of hydrogen-bond donors (Lipinski definition) is 2. The van der Waals surface area contributed by atoms with Crippen LogP contribution in [0.4, 0.5) is 0 Å². The molecular weight excluding hydrogens is 246 g/mol. The van der Waals surface area contributed by atoms with Crippen molar-refractivity contribution in [2.75, 3.05) is 13.1 Å². The van der Waals surface area contributed by atoms with Gasteiger partial charge in [0.2, 0.25) is 5.91 Å². The van der Waals surface area contributed by atoms with Crippen LogP contribution in [0.1, 0.15) is 39.5 Å². The van der Waals surface area contributed by atoms with E-state index in [0.717, 1.165) is 6.42 Å². The lowest BCUT2D eigenvalue weighted by molar-refractivity contribution is -0.164. The molecule has 1 saturated heterocycles. The Morgan fingerprint density at radius 1 is 1.21 bits per heavy atom. The highest BCUT2D eigenvalue weighted by molar-refractivity contribution is 5.86. The van der Waals surface area contributed by atoms with Crippen LogP contribution in [0.3, 0.4) is 0 Å². The molecule has 2 aliphatic rings. The third-order valence-corrected chi connectivity index (χ3v) is 4.81. The Kier molecular flexibility index (Phi) is 3.85. The number of amides is 1. The normalized spacial score (nSPS) is 33.0. The van der Waals surface area contributed by atoms with Gasteiger partial charge in [-0.15, -0.1) is 0 Å². The summed E-state index contributed by atoms with van der Waals surface area (Å²) in [6.45, 7) is 4.63. The predicted octanol–water partition coefficient (Wildman–Crippen LogP) is 1.11. The molecule has 2 rings (SSSR count). The summed E-state index contributed by atoms with van der Waals surface area (Å²) >= 11 is 0. The van der Waals surface area contributed by atoms with Crippen LogP contribution in [0.15, 0.2) is 0 Å². The number of nitrogens with zero attached hydrogens (tertiary/aromatic N) is 1. The monoisotopic (exact) mass is 269 g/mol. The van der Waals surface area contributed by atoms with Crippen LogP contribution in [0, 0.1) is 17.8 Å². The van der Waals surface area contributed by atoms with E-state index < -0.39 is 23.4 Å². The molecule has 0 aromatic carbocycles. The molecule has 2 N–H and O–H groups in total. The number of carbonyl (C=O) groups is 2. The van der Waals surface area contributed by atoms with Gasteiger partial charge in [0, 0.05) is 0 Å². The van der Waals surface area contributed by atoms with Crippen molar-refractivity contribution in [3.63, 3.8) is 0 Å². The number of rotatable bonds is 4. The maximum Gasteiger partial charge on any atom is 0.307 e. The fourth-order valence-corrected chi connectivity index (χ4v) is 3.30. The third-order valence-electron chi connectivity index (χ3n) is 4.81. The fraction of sp³-hybridized carbons (Fsp3) is 0.857. The van der Waals surface area contributed by atoms with E-state index in [0.29, 0.717) is 38.3 Å². The summed E-state index contributed by atoms with van der Waals surface area (Å²) < 4.78 is 0. The Labute approximate surface area is 113 Å². The topological polar surface area (TPSA) is 77.8 Å². The molecule has 0 aromatic heterocycles. The lowest BCUT2D eigenvalue weighted by Crippen LogP contribution is -2.64. The number of carboxylic acid groups (broad SMARTS) is 1. The van der Waals surface area contributed by atoms with E-state index in [1.54, 1.807) is 4.90 Å². The molecule has 1 aliphatic heterocycles. The van der Waals surface area contributed by atoms with Gasteiger partial charge in [0.1, 0.15) is 0 Å². The molecule has 0 radical (unpaired) electrons. The molecular formula is C14H23NO4. The Morgan fingerprint density at radius 2 is 1.79 bits per heavy atom. The molecule has 0 bridgehead atoms. The minimum Gasteiger partial charge on any atom is -0.481 e. The number of likely N-dealkylation sites (tertiary alicyclic amines) is 1. The van der Waals surface area contributed by atoms with Gasteiger partial charge in [-0.05, 0) is 25.2 Å². The van der Waals surface area contributed by atoms with Crippen LogP contribution >= 0.6 is 0 Å². The van der Waals surface area contributed by atoms with Gasteiger partial charge >= 0.3 is 5.97 Å². The van der Waals surface area contributed by atoms with E-state index in [2.05, 4.69) is 0 Å². The first-order chi connectivity index (χ1) is 8.90. The van der Waals surface area contributed by atoms with E-state index >= 15 is 0 Å². The molecule has 5 nitrogen and oxygen atoms in total. The van der Waals surface area contributed by atoms with Gasteiger partial charge in [-0.25, -0.2) is 0 Å². The van der Waals surface area contributed by atoms with Crippen molar-refractivity contribution in [1.82, 2.24) is 4.90 Å². The Balaban J connectivity index is 2.00. The maximum atomic E-state index is 12.4. The minimum absolute atomic E-state index is 0.0820. The zero-order valence-corrected chi connectivity index (χ0v) is 11.6. The lowest BCUT2D eigenvalue weighted by Gasteiger charge is -2.47. The van der Waals surface area contributed by atoms with Crippen molar-refractivity contribution in [2.45, 2.75) is 45.1 Å². The van der Waals surface area contributed by atoms with Crippen LogP contribution in [0.2, 0.25) is 0 Å². The Hall–Kier alpha value is -1.10. The molecule has 1 saturated carbocycles. The van der Waals surface area contributed by atoms with Crippen molar-refractivity contribution in [1.29, 1.82) is 0 Å². The van der Waals surface area contributed by atoms with Gasteiger partial charge in [0.25, 0.3) is 0 Å². The smallest absolute Gasteiger partial charge is 0.307 e. The number of carboxylic acids is 1. The van der Waals surface area contributed by atoms with Gasteiger partial charge in [-0.3, -0.25) is 9.59 Å². The van der Waals surface area contributed by atoms with Crippen LogP contribution in [0.5, 0.6) is 0 Å². The number of β-amino-alcohol motifs (C(OH)–C–C–N with tert-alkyl or cyclic N) is 1. The first-order valence-electron chi connectivity index (χ1n) is 7.14. The summed E-state index contributed by atoms with van der Waals surface area (Å²) in [5.41, 5.74) is -0.753. The average molecular weight is 269 g/mol. The minimum atomic E-state index is -0.861. The largest absolute Gasteiger partial charge is 0.481 e. The Morgan fingerprint density at radius 3 is 2.26 bits per heavy atom. The first kappa shape index (κ1) is 14.3. The molecule has 2 fully saturated rings. The van der Waals surface area contributed by atoms with Crippen molar-refractivity contribution >= 4 is 11.9 Å². The summed E-state index contributed by atoms with van der Waals surface area (Å²) in [6, 6.07) is 0. The molecule has 108 valence electrons. The van der Waals surface area contributed by atoms with E-state index in [1.807, 2.05) is 13.8 Å². The van der Waals surface area contributed by atoms with Gasteiger partial charge in [0.05, 0.1) is 30.5 Å². The van der Waals surface area contributed by atoms with E-state index in [4.69, 9.17) is 0 Å². The van der Waals surface area contributed by atoms with Crippen molar-refractivity contribution in [2.24, 2.45) is 17.8 Å². The van der Waals surface area contributed by atoms with Gasteiger partial charge in [0.15, 0.2) is 0 Å². The molecule has 19 heavy (non-hydrogen) atoms. The van der Waals surface area contributed by atoms with Crippen LogP contribution in [0.25, 0.3) is 0 Å². The number of aliphatic carboxylic acids is 1. The molecule has 1 unspecified atom stereocenters. The summed E-state index contributed by atoms with van der Waals surface area (Å²) in [4.78, 5) is 25.2. The average Bonchev–Trinajstić information content (AvgIpc) is 2.78. The van der Waals surface area contributed by atoms with Crippen molar-refractivity contribution < 1.29 is 19.8 Å². The standard InChI is InChI=1S/C14H23NO4/c1-3-9-5-10(11(6-9)13(17)18)12(16)15-7-14(19,4-2)8-15/h9-11,19H,3-8H2,1-2H3,(H,17,18)/t9?,10-,11+/m0/s1. The second-order valence-electron chi connectivity index (χ2n) is 6.07. The molecule has 0 aromatic rings. The van der Waals surface area contributed by atoms with E-state index in [1.165, 1.54) is 0 Å². The van der Waals surface area contributed by atoms with Crippen molar-refractivity contribution in [3.05, 3.63) is 0 Å². The summed E-state index contributed by atoms with van der Waals surface area (Å²) in [5, 5.41) is 19.2. The second kappa shape index (κ2) is 5.12. The van der Waals surface area contributed by atoms with Crippen molar-refractivity contribution in [3.8, 4) is 0 Å². The Bertz CT molecular complexity index is 376. The molecule has 3 atom stereocenters. The summed E-state index contributed by atoms with van der Waals surface area (Å²) in [5.74, 6) is -1.56. The quantitative estimate of drug-likeness (QED) is 0.801. The summed E-state index contributed by atoms with van der Waals surface area (Å²) in [7, 11) is 0. The van der Waals surface area contributed by atoms with Gasteiger partial charge in [-0.2, -0.15) is 0 Å². The number of hydrogen-bond acceptors (Lipinski definition) is 3. The van der Waals surface area contributed by atoms with E-state index in [-0.39, 0.29) is 5.91 Å². The molecule has 5 heteroatoms. The molecule has 1 heterocycles. The fourth-order valence-electron chi connectivity index (χ4n) is 3.30. The van der Waals surface area contributed by atoms with Gasteiger partial charge < -0.3 is 15.1 Å². The zero-order valence-electron chi connectivity index (χ0n) is 11.6. The predicted molar refractivity (Wildman–Crippen MR) is 69.5 cm³/mol. The highest BCUT2D eigenvalue weighted by atomic mass is 16.4. The van der Waals surface area contributed by atoms with Crippen LogP contribution < -0.4 is 0 Å². The van der Waals surface area contributed by atoms with Crippen LogP contribution in [-0.2, 0) is 9.59 Å². The lowest BCUT2D eigenvalue weighted by atomic mass is 9.87. The van der Waals surface area contributed by atoms with E-state index in [9.17, 15) is 19.8 Å². The highest BCUT2D eigenvalue weighted by Crippen LogP contribution is 2.40. The van der Waals surface area contributed by atoms with Crippen LogP contribution in [-0.4, -0.2) is 45.7 Å². The molecule has 1 aliphatic carbocycles. The zero-order chi connectivity index (χ0) is 14.2. The first-order valence-corrected chi connectivity index (χ1v) is 7.14. The number of aliphatic hydroxyl groups is 1. The number of carbonyl (C=O) groups excluding carboxylic acids is 1. The third kappa shape index (κ3) is 2.61. The maximum absolute atomic E-state index is 12.4. The highest BCUT2D eigenvalue weighted by Gasteiger charge is 2.49. The molecule has 1 amide bonds. The molecule has 0 spiro atoms.